The van der Waals surface area contributed by atoms with Crippen LogP contribution < -0.4 is 5.32 Å². The summed E-state index contributed by atoms with van der Waals surface area (Å²) in [7, 11) is 0. The predicted octanol–water partition coefficient (Wildman–Crippen LogP) is 0.986. The van der Waals surface area contributed by atoms with Crippen LogP contribution in [0.5, 0.6) is 0 Å². The average molecular weight is 152 g/mol. The van der Waals surface area contributed by atoms with E-state index in [9.17, 15) is 0 Å². The number of rotatable bonds is 1. The lowest BCUT2D eigenvalue weighted by atomic mass is 10.2. The average Bonchev–Trinajstić information content (AvgIpc) is 2.55. The zero-order valence-electron chi connectivity index (χ0n) is 6.84. The number of furan rings is 1. The van der Waals surface area contributed by atoms with Crippen LogP contribution in [0.4, 0.5) is 0 Å². The minimum Gasteiger partial charge on any atom is -0.460 e. The van der Waals surface area contributed by atoms with E-state index in [-0.39, 0.29) is 0 Å². The molecule has 2 rings (SSSR count). The highest BCUT2D eigenvalue weighted by Gasteiger charge is 2.22. The Kier molecular flexibility index (Phi) is 1.70. The molecule has 1 fully saturated rings. The second kappa shape index (κ2) is 2.70. The fourth-order valence-corrected chi connectivity index (χ4v) is 1.69. The summed E-state index contributed by atoms with van der Waals surface area (Å²) in [4.78, 5) is 0. The van der Waals surface area contributed by atoms with Gasteiger partial charge >= 0.3 is 0 Å². The first kappa shape index (κ1) is 6.92. The van der Waals surface area contributed by atoms with Crippen molar-refractivity contribution in [3.8, 4) is 0 Å². The van der Waals surface area contributed by atoms with Gasteiger partial charge < -0.3 is 9.73 Å². The molecule has 2 nitrogen and oxygen atoms in total. The molecule has 1 aliphatic rings. The fraction of sp³-hybridized carbons (Fsp3) is 0.556. The van der Waals surface area contributed by atoms with Gasteiger partial charge in [-0.2, -0.15) is 0 Å². The molecule has 1 saturated heterocycles. The molecular formula is C9H14NO+. The van der Waals surface area contributed by atoms with Crippen LogP contribution in [0.1, 0.15) is 30.4 Å². The van der Waals surface area contributed by atoms with Crippen molar-refractivity contribution in [2.75, 3.05) is 6.54 Å². The van der Waals surface area contributed by atoms with Crippen LogP contribution in [0.3, 0.4) is 0 Å². The number of nitrogens with two attached hydrogens (primary N) is 1. The second-order valence-electron chi connectivity index (χ2n) is 3.22. The molecule has 0 amide bonds. The van der Waals surface area contributed by atoms with Gasteiger partial charge in [-0.1, -0.05) is 0 Å². The minimum atomic E-state index is 0.601. The summed E-state index contributed by atoms with van der Waals surface area (Å²) in [5.41, 5.74) is 0. The zero-order valence-corrected chi connectivity index (χ0v) is 6.84. The minimum absolute atomic E-state index is 0.601. The maximum absolute atomic E-state index is 5.54. The van der Waals surface area contributed by atoms with E-state index in [2.05, 4.69) is 11.4 Å². The fourth-order valence-electron chi connectivity index (χ4n) is 1.69. The topological polar surface area (TPSA) is 29.8 Å². The van der Waals surface area contributed by atoms with E-state index in [0.717, 1.165) is 11.5 Å². The van der Waals surface area contributed by atoms with Crippen molar-refractivity contribution in [3.05, 3.63) is 23.7 Å². The third-order valence-electron chi connectivity index (χ3n) is 2.30. The van der Waals surface area contributed by atoms with Gasteiger partial charge in [-0.05, 0) is 19.1 Å². The lowest BCUT2D eigenvalue weighted by Crippen LogP contribution is -2.81. The van der Waals surface area contributed by atoms with E-state index in [1.165, 1.54) is 19.4 Å². The summed E-state index contributed by atoms with van der Waals surface area (Å²) in [6, 6.07) is 4.74. The van der Waals surface area contributed by atoms with Crippen LogP contribution in [0, 0.1) is 6.92 Å². The Morgan fingerprint density at radius 2 is 2.45 bits per heavy atom. The van der Waals surface area contributed by atoms with Crippen LogP contribution >= 0.6 is 0 Å². The summed E-state index contributed by atoms with van der Waals surface area (Å²) in [6.45, 7) is 3.25. The maximum Gasteiger partial charge on any atom is 0.161 e. The van der Waals surface area contributed by atoms with Gasteiger partial charge in [0.25, 0.3) is 0 Å². The Labute approximate surface area is 66.6 Å². The SMILES string of the molecule is Cc1ccc([C@@H]2CCC[NH2+]2)o1. The van der Waals surface area contributed by atoms with Gasteiger partial charge in [0.15, 0.2) is 5.76 Å². The Balaban J connectivity index is 2.15. The molecule has 1 aliphatic heterocycles. The van der Waals surface area contributed by atoms with Crippen molar-refractivity contribution in [1.29, 1.82) is 0 Å². The Hall–Kier alpha value is -0.760. The van der Waals surface area contributed by atoms with Gasteiger partial charge in [0.1, 0.15) is 11.8 Å². The molecular weight excluding hydrogens is 138 g/mol. The van der Waals surface area contributed by atoms with Gasteiger partial charge in [0, 0.05) is 12.8 Å². The molecule has 1 atom stereocenters. The van der Waals surface area contributed by atoms with E-state index in [4.69, 9.17) is 4.42 Å². The third-order valence-corrected chi connectivity index (χ3v) is 2.30. The molecule has 11 heavy (non-hydrogen) atoms. The molecule has 0 bridgehead atoms. The first-order valence-electron chi connectivity index (χ1n) is 4.26. The molecule has 2 heterocycles. The molecule has 0 unspecified atom stereocenters. The van der Waals surface area contributed by atoms with Crippen molar-refractivity contribution >= 4 is 0 Å². The lowest BCUT2D eigenvalue weighted by molar-refractivity contribution is -0.678. The molecule has 1 aromatic rings. The van der Waals surface area contributed by atoms with Crippen LogP contribution in [0.25, 0.3) is 0 Å². The number of hydrogen-bond acceptors (Lipinski definition) is 1. The molecule has 0 aromatic carbocycles. The van der Waals surface area contributed by atoms with Crippen molar-refractivity contribution in [2.45, 2.75) is 25.8 Å². The van der Waals surface area contributed by atoms with E-state index < -0.39 is 0 Å². The molecule has 60 valence electrons. The molecule has 0 spiro atoms. The molecule has 1 aromatic heterocycles. The molecule has 2 heteroatoms. The molecule has 0 radical (unpaired) electrons. The monoisotopic (exact) mass is 152 g/mol. The van der Waals surface area contributed by atoms with E-state index in [1.54, 1.807) is 0 Å². The summed E-state index contributed by atoms with van der Waals surface area (Å²) >= 11 is 0. The zero-order chi connectivity index (χ0) is 7.68. The summed E-state index contributed by atoms with van der Waals surface area (Å²) in [5, 5.41) is 2.36. The number of aryl methyl sites for hydroxylation is 1. The highest BCUT2D eigenvalue weighted by molar-refractivity contribution is 5.07. The number of hydrogen-bond donors (Lipinski definition) is 1. The highest BCUT2D eigenvalue weighted by atomic mass is 16.3. The van der Waals surface area contributed by atoms with E-state index in [0.29, 0.717) is 6.04 Å². The van der Waals surface area contributed by atoms with Crippen molar-refractivity contribution < 1.29 is 9.73 Å². The van der Waals surface area contributed by atoms with Crippen LogP contribution in [-0.4, -0.2) is 6.54 Å². The van der Waals surface area contributed by atoms with Crippen molar-refractivity contribution in [2.24, 2.45) is 0 Å². The highest BCUT2D eigenvalue weighted by Crippen LogP contribution is 2.19. The van der Waals surface area contributed by atoms with Gasteiger partial charge in [-0.3, -0.25) is 0 Å². The Morgan fingerprint density at radius 1 is 1.55 bits per heavy atom. The van der Waals surface area contributed by atoms with Crippen molar-refractivity contribution in [1.82, 2.24) is 0 Å². The first-order valence-corrected chi connectivity index (χ1v) is 4.26. The lowest BCUT2D eigenvalue weighted by Gasteiger charge is -2.01. The largest absolute Gasteiger partial charge is 0.460 e. The van der Waals surface area contributed by atoms with Crippen LogP contribution in [-0.2, 0) is 0 Å². The first-order chi connectivity index (χ1) is 5.36. The summed E-state index contributed by atoms with van der Waals surface area (Å²) in [5.74, 6) is 2.18. The predicted molar refractivity (Wildman–Crippen MR) is 42.2 cm³/mol. The second-order valence-corrected chi connectivity index (χ2v) is 3.22. The van der Waals surface area contributed by atoms with Gasteiger partial charge in [0.2, 0.25) is 0 Å². The van der Waals surface area contributed by atoms with Crippen LogP contribution in [0.2, 0.25) is 0 Å². The van der Waals surface area contributed by atoms with Crippen molar-refractivity contribution in [3.63, 3.8) is 0 Å². The van der Waals surface area contributed by atoms with Gasteiger partial charge in [-0.25, -0.2) is 0 Å². The molecule has 0 aliphatic carbocycles. The molecule has 0 saturated carbocycles. The Bertz CT molecular complexity index is 235. The quantitative estimate of drug-likeness (QED) is 0.639. The normalized spacial score (nSPS) is 24.3. The summed E-state index contributed by atoms with van der Waals surface area (Å²) < 4.78 is 5.54. The Morgan fingerprint density at radius 3 is 3.00 bits per heavy atom. The summed E-state index contributed by atoms with van der Waals surface area (Å²) in [6.07, 6.45) is 2.59. The third kappa shape index (κ3) is 1.31. The van der Waals surface area contributed by atoms with Gasteiger partial charge in [-0.15, -0.1) is 0 Å². The standard InChI is InChI=1S/C9H13NO/c1-7-4-5-9(11-7)8-3-2-6-10-8/h4-5,8,10H,2-3,6H2,1H3/p+1/t8-/m0/s1. The maximum atomic E-state index is 5.54. The van der Waals surface area contributed by atoms with E-state index in [1.807, 2.05) is 13.0 Å². The van der Waals surface area contributed by atoms with E-state index >= 15 is 0 Å². The number of quaternary nitrogens is 1. The molecule has 2 N–H and O–H groups in total. The van der Waals surface area contributed by atoms with Gasteiger partial charge in [0.05, 0.1) is 6.54 Å². The van der Waals surface area contributed by atoms with Crippen LogP contribution in [0.15, 0.2) is 16.5 Å². The smallest absolute Gasteiger partial charge is 0.161 e.